The third kappa shape index (κ3) is 10.2. The van der Waals surface area contributed by atoms with Crippen molar-refractivity contribution < 1.29 is 28.3 Å². The van der Waals surface area contributed by atoms with Crippen molar-refractivity contribution in [2.45, 2.75) is 0 Å². The molecule has 0 aliphatic heterocycles. The van der Waals surface area contributed by atoms with Gasteiger partial charge in [0.1, 0.15) is 0 Å². The minimum Gasteiger partial charge on any atom is -0.383 e. The molecule has 0 unspecified atom stereocenters. The van der Waals surface area contributed by atoms with E-state index >= 15 is 0 Å². The van der Waals surface area contributed by atoms with E-state index in [-0.39, 0.29) is 18.9 Å². The van der Waals surface area contributed by atoms with Gasteiger partial charge in [-0.15, -0.1) is 0 Å². The smallest absolute Gasteiger partial charge is 0.383 e. The molecule has 0 bridgehead atoms. The van der Waals surface area contributed by atoms with E-state index in [2.05, 4.69) is 18.4 Å². The van der Waals surface area contributed by atoms with Crippen LogP contribution in [0, 0.1) is 6.92 Å². The van der Waals surface area contributed by atoms with Crippen molar-refractivity contribution in [3.8, 4) is 0 Å². The van der Waals surface area contributed by atoms with Crippen molar-refractivity contribution in [3.05, 3.63) is 19.1 Å². The number of ether oxygens (including phenoxy) is 2. The standard InChI is InChI=1S/C10H20NO2.Li/c1-10(2)9-11(5-7-12-3)6-8-13-4;/h1-2,5-9H2,3-4H3;/q-1;+1. The third-order valence-corrected chi connectivity index (χ3v) is 1.67. The Kier molecular flexibility index (Phi) is 13.2. The van der Waals surface area contributed by atoms with Crippen LogP contribution in [0.5, 0.6) is 0 Å². The van der Waals surface area contributed by atoms with Gasteiger partial charge in [0.15, 0.2) is 0 Å². The van der Waals surface area contributed by atoms with E-state index in [1.165, 1.54) is 0 Å². The van der Waals surface area contributed by atoms with Gasteiger partial charge in [0, 0.05) is 27.3 Å². The number of hydrogen-bond donors (Lipinski definition) is 0. The second-order valence-corrected chi connectivity index (χ2v) is 3.01. The van der Waals surface area contributed by atoms with Gasteiger partial charge in [0.05, 0.1) is 13.2 Å². The topological polar surface area (TPSA) is 21.7 Å². The van der Waals surface area contributed by atoms with E-state index in [0.29, 0.717) is 0 Å². The first kappa shape index (κ1) is 16.5. The first-order valence-corrected chi connectivity index (χ1v) is 4.40. The van der Waals surface area contributed by atoms with E-state index in [1.54, 1.807) is 14.2 Å². The molecular weight excluding hydrogens is 173 g/mol. The molecule has 4 heteroatoms. The van der Waals surface area contributed by atoms with Gasteiger partial charge in [-0.3, -0.25) is 4.90 Å². The largest absolute Gasteiger partial charge is 1.00 e. The Morgan fingerprint density at radius 3 is 1.93 bits per heavy atom. The van der Waals surface area contributed by atoms with Gasteiger partial charge in [-0.2, -0.15) is 0 Å². The van der Waals surface area contributed by atoms with Gasteiger partial charge in [0.25, 0.3) is 0 Å². The van der Waals surface area contributed by atoms with Crippen LogP contribution in [0.3, 0.4) is 0 Å². The SMILES string of the molecule is C=C([CH2-])CN(CCOC)CCOC.[Li+]. The molecule has 0 aromatic heterocycles. The number of rotatable bonds is 8. The van der Waals surface area contributed by atoms with Crippen molar-refractivity contribution in [2.75, 3.05) is 47.1 Å². The quantitative estimate of drug-likeness (QED) is 0.328. The van der Waals surface area contributed by atoms with Crippen LogP contribution in [0.1, 0.15) is 0 Å². The minimum atomic E-state index is 0. The summed E-state index contributed by atoms with van der Waals surface area (Å²) in [6, 6.07) is 0. The number of hydrogen-bond acceptors (Lipinski definition) is 3. The molecule has 0 radical (unpaired) electrons. The van der Waals surface area contributed by atoms with E-state index in [0.717, 1.165) is 38.4 Å². The Bertz CT molecular complexity index is 134. The van der Waals surface area contributed by atoms with E-state index < -0.39 is 0 Å². The van der Waals surface area contributed by atoms with Crippen LogP contribution in [-0.4, -0.2) is 52.0 Å². The summed E-state index contributed by atoms with van der Waals surface area (Å²) in [4.78, 5) is 2.21. The molecule has 0 atom stereocenters. The molecule has 0 heterocycles. The summed E-state index contributed by atoms with van der Waals surface area (Å²) in [6.07, 6.45) is 0. The summed E-state index contributed by atoms with van der Waals surface area (Å²) in [5, 5.41) is 0. The van der Waals surface area contributed by atoms with Gasteiger partial charge < -0.3 is 9.47 Å². The van der Waals surface area contributed by atoms with Crippen molar-refractivity contribution in [1.82, 2.24) is 4.90 Å². The molecule has 0 fully saturated rings. The van der Waals surface area contributed by atoms with Crippen LogP contribution >= 0.6 is 0 Å². The average molecular weight is 193 g/mol. The number of nitrogens with zero attached hydrogens (tertiary/aromatic N) is 1. The fourth-order valence-corrected chi connectivity index (χ4v) is 1.03. The molecule has 78 valence electrons. The maximum Gasteiger partial charge on any atom is 1.00 e. The zero-order valence-electron chi connectivity index (χ0n) is 9.71. The Labute approximate surface area is 99.6 Å². The molecule has 0 rings (SSSR count). The van der Waals surface area contributed by atoms with Crippen LogP contribution < -0.4 is 18.9 Å². The summed E-state index contributed by atoms with van der Waals surface area (Å²) < 4.78 is 10.0. The summed E-state index contributed by atoms with van der Waals surface area (Å²) in [5.74, 6) is 0. The maximum absolute atomic E-state index is 5.00. The van der Waals surface area contributed by atoms with E-state index in [1.807, 2.05) is 0 Å². The molecule has 0 aromatic rings. The Balaban J connectivity index is 0. The molecule has 0 spiro atoms. The van der Waals surface area contributed by atoms with Crippen LogP contribution in [0.25, 0.3) is 0 Å². The summed E-state index contributed by atoms with van der Waals surface area (Å²) in [5.41, 5.74) is 0.923. The fourth-order valence-electron chi connectivity index (χ4n) is 1.03. The van der Waals surface area contributed by atoms with Crippen molar-refractivity contribution in [1.29, 1.82) is 0 Å². The molecule has 3 nitrogen and oxygen atoms in total. The second kappa shape index (κ2) is 11.2. The maximum atomic E-state index is 5.00. The summed E-state index contributed by atoms with van der Waals surface area (Å²) in [7, 11) is 3.40. The number of methoxy groups -OCH3 is 2. The van der Waals surface area contributed by atoms with Crippen LogP contribution in [0.4, 0.5) is 0 Å². The average Bonchev–Trinajstić information content (AvgIpc) is 2.09. The molecule has 0 saturated heterocycles. The van der Waals surface area contributed by atoms with Crippen molar-refractivity contribution in [2.24, 2.45) is 0 Å². The summed E-state index contributed by atoms with van der Waals surface area (Å²) >= 11 is 0. The molecule has 0 N–H and O–H groups in total. The van der Waals surface area contributed by atoms with Gasteiger partial charge in [-0.05, 0) is 6.54 Å². The molecular formula is C10H20LiNO2. The zero-order chi connectivity index (χ0) is 10.1. The molecule has 14 heavy (non-hydrogen) atoms. The van der Waals surface area contributed by atoms with Crippen LogP contribution in [0.15, 0.2) is 12.2 Å². The van der Waals surface area contributed by atoms with E-state index in [4.69, 9.17) is 9.47 Å². The molecule has 0 amide bonds. The van der Waals surface area contributed by atoms with Gasteiger partial charge in [-0.25, -0.2) is 19.1 Å². The molecule has 0 aromatic carbocycles. The molecule has 0 aliphatic carbocycles. The van der Waals surface area contributed by atoms with E-state index in [9.17, 15) is 0 Å². The predicted molar refractivity (Wildman–Crippen MR) is 54.7 cm³/mol. The minimum absolute atomic E-state index is 0. The van der Waals surface area contributed by atoms with Crippen molar-refractivity contribution >= 4 is 0 Å². The van der Waals surface area contributed by atoms with Gasteiger partial charge >= 0.3 is 18.9 Å². The first-order valence-electron chi connectivity index (χ1n) is 4.40. The normalized spacial score (nSPS) is 9.93. The Hall–Kier alpha value is 0.0874. The zero-order valence-corrected chi connectivity index (χ0v) is 9.71. The van der Waals surface area contributed by atoms with Crippen LogP contribution in [0.2, 0.25) is 0 Å². The Morgan fingerprint density at radius 1 is 1.21 bits per heavy atom. The third-order valence-electron chi connectivity index (χ3n) is 1.67. The monoisotopic (exact) mass is 193 g/mol. The van der Waals surface area contributed by atoms with Crippen molar-refractivity contribution in [3.63, 3.8) is 0 Å². The molecule has 0 aliphatic rings. The first-order chi connectivity index (χ1) is 6.20. The van der Waals surface area contributed by atoms with Crippen LogP contribution in [-0.2, 0) is 9.47 Å². The van der Waals surface area contributed by atoms with Gasteiger partial charge in [0.2, 0.25) is 0 Å². The Morgan fingerprint density at radius 2 is 1.64 bits per heavy atom. The van der Waals surface area contributed by atoms with Gasteiger partial charge in [-0.1, -0.05) is 0 Å². The second-order valence-electron chi connectivity index (χ2n) is 3.01. The summed E-state index contributed by atoms with van der Waals surface area (Å²) in [6.45, 7) is 11.6. The predicted octanol–water partition coefficient (Wildman–Crippen LogP) is -2.02. The fraction of sp³-hybridized carbons (Fsp3) is 0.700. The molecule has 0 saturated carbocycles.